The van der Waals surface area contributed by atoms with Crippen LogP contribution in [-0.2, 0) is 4.74 Å². The smallest absolute Gasteiger partial charge is 0.379 e. The third kappa shape index (κ3) is 4.60. The summed E-state index contributed by atoms with van der Waals surface area (Å²) in [7, 11) is 1.48. The molecule has 0 saturated carbocycles. The van der Waals surface area contributed by atoms with Crippen LogP contribution in [-0.4, -0.2) is 48.1 Å². The van der Waals surface area contributed by atoms with Crippen LogP contribution in [0.25, 0.3) is 0 Å². The number of ether oxygens (including phenoxy) is 1. The summed E-state index contributed by atoms with van der Waals surface area (Å²) in [5.74, 6) is 0. The van der Waals surface area contributed by atoms with E-state index in [1.807, 2.05) is 11.2 Å². The topological polar surface area (TPSA) is 15.7 Å². The molecule has 1 aromatic rings. The molecule has 1 aliphatic rings. The Morgan fingerprint density at radius 3 is 2.29 bits per heavy atom. The molecule has 0 aliphatic carbocycles. The van der Waals surface area contributed by atoms with Gasteiger partial charge < -0.3 is 4.74 Å². The Bertz CT molecular complexity index is 447. The number of alkyl halides is 3. The Morgan fingerprint density at radius 1 is 1.19 bits per heavy atom. The fourth-order valence-corrected chi connectivity index (χ4v) is 3.22. The van der Waals surface area contributed by atoms with Gasteiger partial charge >= 0.3 is 6.18 Å². The average Bonchev–Trinajstić information content (AvgIpc) is 2.41. The highest BCUT2D eigenvalue weighted by atomic mass is 32.2. The lowest BCUT2D eigenvalue weighted by molar-refractivity contribution is -0.170. The molecule has 1 saturated heterocycles. The van der Waals surface area contributed by atoms with E-state index in [1.165, 1.54) is 11.4 Å². The number of rotatable bonds is 4. The van der Waals surface area contributed by atoms with Crippen molar-refractivity contribution < 1.29 is 17.9 Å². The van der Waals surface area contributed by atoms with Gasteiger partial charge in [-0.3, -0.25) is 0 Å². The second-order valence-electron chi connectivity index (χ2n) is 5.02. The summed E-state index contributed by atoms with van der Waals surface area (Å²) in [6.45, 7) is 4.24. The van der Waals surface area contributed by atoms with Gasteiger partial charge in [-0.2, -0.15) is 13.2 Å². The van der Waals surface area contributed by atoms with E-state index in [2.05, 4.69) is 0 Å². The number of morpholine rings is 1. The Hall–Kier alpha value is -0.760. The van der Waals surface area contributed by atoms with Crippen LogP contribution in [0.1, 0.15) is 17.2 Å². The van der Waals surface area contributed by atoms with E-state index >= 15 is 0 Å². The molecule has 21 heavy (non-hydrogen) atoms. The van der Waals surface area contributed by atoms with E-state index in [0.717, 1.165) is 17.7 Å². The number of nitrogens with zero attached hydrogens (tertiary/aromatic N) is 2. The van der Waals surface area contributed by atoms with Crippen LogP contribution in [0.5, 0.6) is 0 Å². The standard InChI is InChI=1S/C14H19F3N2OS/c1-11-3-5-12(6-4-11)13(14(15,16)17)18(2)21-19-7-9-20-10-8-19/h3-6,13H,7-10H2,1-2H3/t13-/m1/s1. The summed E-state index contributed by atoms with van der Waals surface area (Å²) < 4.78 is 48.6. The highest BCUT2D eigenvalue weighted by Gasteiger charge is 2.44. The zero-order valence-electron chi connectivity index (χ0n) is 12.1. The zero-order valence-corrected chi connectivity index (χ0v) is 12.9. The summed E-state index contributed by atoms with van der Waals surface area (Å²) in [6.07, 6.45) is -4.32. The lowest BCUT2D eigenvalue weighted by Gasteiger charge is -2.34. The Labute approximate surface area is 127 Å². The number of hydrogen-bond donors (Lipinski definition) is 0. The van der Waals surface area contributed by atoms with Crippen molar-refractivity contribution >= 4 is 12.1 Å². The predicted octanol–water partition coefficient (Wildman–Crippen LogP) is 3.43. The van der Waals surface area contributed by atoms with Crippen LogP contribution in [0.15, 0.2) is 24.3 Å². The molecule has 2 rings (SSSR count). The van der Waals surface area contributed by atoms with E-state index in [4.69, 9.17) is 4.74 Å². The van der Waals surface area contributed by atoms with Gasteiger partial charge in [0.1, 0.15) is 6.04 Å². The van der Waals surface area contributed by atoms with Gasteiger partial charge in [0, 0.05) is 25.2 Å². The van der Waals surface area contributed by atoms with Gasteiger partial charge in [-0.1, -0.05) is 29.8 Å². The Balaban J connectivity index is 2.13. The summed E-state index contributed by atoms with van der Waals surface area (Å²) in [6, 6.07) is 4.89. The third-order valence-electron chi connectivity index (χ3n) is 3.28. The highest BCUT2D eigenvalue weighted by Crippen LogP contribution is 2.40. The number of aryl methyl sites for hydroxylation is 1. The van der Waals surface area contributed by atoms with Gasteiger partial charge in [-0.05, 0) is 19.5 Å². The van der Waals surface area contributed by atoms with Gasteiger partial charge in [0.15, 0.2) is 0 Å². The maximum Gasteiger partial charge on any atom is 0.408 e. The SMILES string of the molecule is Cc1ccc([C@@H](N(C)SN2CCOCC2)C(F)(F)F)cc1. The quantitative estimate of drug-likeness (QED) is 0.790. The molecule has 0 radical (unpaired) electrons. The number of halogens is 3. The van der Waals surface area contributed by atoms with Crippen LogP contribution < -0.4 is 0 Å². The van der Waals surface area contributed by atoms with Gasteiger partial charge in [0.05, 0.1) is 13.2 Å². The lowest BCUT2D eigenvalue weighted by Crippen LogP contribution is -2.38. The van der Waals surface area contributed by atoms with Crippen molar-refractivity contribution in [1.29, 1.82) is 0 Å². The van der Waals surface area contributed by atoms with Crippen molar-refractivity contribution in [1.82, 2.24) is 8.61 Å². The van der Waals surface area contributed by atoms with E-state index in [9.17, 15) is 13.2 Å². The largest absolute Gasteiger partial charge is 0.408 e. The van der Waals surface area contributed by atoms with Crippen LogP contribution in [0.4, 0.5) is 13.2 Å². The van der Waals surface area contributed by atoms with E-state index < -0.39 is 12.2 Å². The minimum absolute atomic E-state index is 0.261. The van der Waals surface area contributed by atoms with Crippen LogP contribution in [0.3, 0.4) is 0 Å². The summed E-state index contributed by atoms with van der Waals surface area (Å²) in [5, 5.41) is 0. The van der Waals surface area contributed by atoms with E-state index in [-0.39, 0.29) is 5.56 Å². The van der Waals surface area contributed by atoms with Gasteiger partial charge in [-0.25, -0.2) is 8.61 Å². The van der Waals surface area contributed by atoms with Crippen molar-refractivity contribution in [2.75, 3.05) is 33.4 Å². The van der Waals surface area contributed by atoms with Crippen molar-refractivity contribution in [3.05, 3.63) is 35.4 Å². The normalized spacial score (nSPS) is 19.0. The molecule has 0 aromatic heterocycles. The Morgan fingerprint density at radius 2 is 1.76 bits per heavy atom. The summed E-state index contributed by atoms with van der Waals surface area (Å²) in [5.41, 5.74) is 1.21. The molecule has 1 aromatic carbocycles. The molecule has 3 nitrogen and oxygen atoms in total. The minimum atomic E-state index is -4.32. The molecule has 0 spiro atoms. The molecule has 7 heteroatoms. The minimum Gasteiger partial charge on any atom is -0.379 e. The molecule has 0 bridgehead atoms. The monoisotopic (exact) mass is 320 g/mol. The summed E-state index contributed by atoms with van der Waals surface area (Å²) >= 11 is 1.12. The molecule has 118 valence electrons. The van der Waals surface area contributed by atoms with Crippen molar-refractivity contribution in [2.24, 2.45) is 0 Å². The third-order valence-corrected chi connectivity index (χ3v) is 4.35. The average molecular weight is 320 g/mol. The van der Waals surface area contributed by atoms with Gasteiger partial charge in [0.25, 0.3) is 0 Å². The lowest BCUT2D eigenvalue weighted by atomic mass is 10.1. The zero-order chi connectivity index (χ0) is 15.5. The molecular formula is C14H19F3N2OS. The van der Waals surface area contributed by atoms with Crippen LogP contribution >= 0.6 is 12.1 Å². The highest BCUT2D eigenvalue weighted by molar-refractivity contribution is 7.94. The molecule has 0 amide bonds. The first-order chi connectivity index (χ1) is 9.88. The molecule has 1 heterocycles. The molecular weight excluding hydrogens is 301 g/mol. The number of hydrogen-bond acceptors (Lipinski definition) is 4. The summed E-state index contributed by atoms with van der Waals surface area (Å²) in [4.78, 5) is 0. The van der Waals surface area contributed by atoms with E-state index in [1.54, 1.807) is 24.3 Å². The maximum atomic E-state index is 13.4. The van der Waals surface area contributed by atoms with Gasteiger partial charge in [0.2, 0.25) is 0 Å². The van der Waals surface area contributed by atoms with E-state index in [0.29, 0.717) is 26.3 Å². The predicted molar refractivity (Wildman–Crippen MR) is 77.7 cm³/mol. The molecule has 1 fully saturated rings. The first-order valence-electron chi connectivity index (χ1n) is 6.75. The second kappa shape index (κ2) is 7.00. The molecule has 0 N–H and O–H groups in total. The number of benzene rings is 1. The van der Waals surface area contributed by atoms with Crippen LogP contribution in [0, 0.1) is 6.92 Å². The van der Waals surface area contributed by atoms with Crippen molar-refractivity contribution in [3.63, 3.8) is 0 Å². The van der Waals surface area contributed by atoms with Crippen LogP contribution in [0.2, 0.25) is 0 Å². The fraction of sp³-hybridized carbons (Fsp3) is 0.571. The van der Waals surface area contributed by atoms with Gasteiger partial charge in [-0.15, -0.1) is 0 Å². The second-order valence-corrected chi connectivity index (χ2v) is 6.28. The first kappa shape index (κ1) is 16.6. The van der Waals surface area contributed by atoms with Crippen molar-refractivity contribution in [2.45, 2.75) is 19.1 Å². The molecule has 1 aliphatic heterocycles. The Kier molecular flexibility index (Phi) is 5.54. The first-order valence-corrected chi connectivity index (χ1v) is 7.48. The fourth-order valence-electron chi connectivity index (χ4n) is 2.21. The molecule has 1 atom stereocenters. The maximum absolute atomic E-state index is 13.4. The van der Waals surface area contributed by atoms with Crippen molar-refractivity contribution in [3.8, 4) is 0 Å². The molecule has 0 unspecified atom stereocenters.